The van der Waals surface area contributed by atoms with Gasteiger partial charge in [0.2, 0.25) is 10.0 Å². The van der Waals surface area contributed by atoms with Crippen LogP contribution in [0, 0.1) is 0 Å². The molecule has 0 atom stereocenters. The molecular weight excluding hydrogens is 457 g/mol. The Morgan fingerprint density at radius 3 is 2.21 bits per heavy atom. The number of nitrogens with zero attached hydrogens (tertiary/aromatic N) is 3. The predicted octanol–water partition coefficient (Wildman–Crippen LogP) is 4.96. The van der Waals surface area contributed by atoms with Crippen molar-refractivity contribution in [2.75, 3.05) is 18.4 Å². The molecule has 0 amide bonds. The normalized spacial score (nSPS) is 15.2. The van der Waals surface area contributed by atoms with Crippen molar-refractivity contribution in [1.29, 1.82) is 0 Å². The van der Waals surface area contributed by atoms with Gasteiger partial charge >= 0.3 is 6.36 Å². The van der Waals surface area contributed by atoms with Crippen LogP contribution in [0.4, 0.5) is 24.7 Å². The van der Waals surface area contributed by atoms with Gasteiger partial charge in [-0.2, -0.15) is 4.31 Å². The summed E-state index contributed by atoms with van der Waals surface area (Å²) in [4.78, 5) is 8.59. The van der Waals surface area contributed by atoms with Crippen LogP contribution in [0.1, 0.15) is 19.3 Å². The van der Waals surface area contributed by atoms with Gasteiger partial charge in [-0.1, -0.05) is 18.6 Å². The van der Waals surface area contributed by atoms with Gasteiger partial charge in [-0.3, -0.25) is 0 Å². The average molecular weight is 478 g/mol. The van der Waals surface area contributed by atoms with Crippen molar-refractivity contribution in [3.63, 3.8) is 0 Å². The molecule has 4 rings (SSSR count). The Morgan fingerprint density at radius 1 is 0.909 bits per heavy atom. The maximum Gasteiger partial charge on any atom is 0.573 e. The van der Waals surface area contributed by atoms with E-state index >= 15 is 0 Å². The SMILES string of the molecule is O=S(=O)(c1ccc(-c2cc(Nc3ccc(OC(F)(F)F)cc3)ncn2)cc1)N1CCCCC1. The highest BCUT2D eigenvalue weighted by Gasteiger charge is 2.31. The number of hydrogen-bond donors (Lipinski definition) is 1. The number of ether oxygens (including phenoxy) is 1. The van der Waals surface area contributed by atoms with Crippen LogP contribution in [0.15, 0.2) is 65.8 Å². The van der Waals surface area contributed by atoms with Gasteiger partial charge in [0.15, 0.2) is 0 Å². The third kappa shape index (κ3) is 5.79. The first-order valence-electron chi connectivity index (χ1n) is 10.3. The topological polar surface area (TPSA) is 84.4 Å². The smallest absolute Gasteiger partial charge is 0.406 e. The first kappa shape index (κ1) is 23.0. The average Bonchev–Trinajstić information content (AvgIpc) is 2.80. The molecule has 0 unspecified atom stereocenters. The molecule has 0 aliphatic carbocycles. The molecule has 0 radical (unpaired) electrons. The minimum atomic E-state index is -4.75. The van der Waals surface area contributed by atoms with Crippen LogP contribution in [0.25, 0.3) is 11.3 Å². The molecule has 2 heterocycles. The Balaban J connectivity index is 1.47. The summed E-state index contributed by atoms with van der Waals surface area (Å²) in [6.45, 7) is 1.07. The number of nitrogens with one attached hydrogen (secondary N) is 1. The summed E-state index contributed by atoms with van der Waals surface area (Å²) in [6.07, 6.45) is -0.630. The standard InChI is InChI=1S/C22H21F3N4O3S/c23-22(24,25)32-18-8-6-17(7-9-18)28-21-14-20(26-15-27-21)16-4-10-19(11-5-16)33(30,31)29-12-2-1-3-13-29/h4-11,14-15H,1-3,12-13H2,(H,26,27,28). The van der Waals surface area contributed by atoms with E-state index < -0.39 is 16.4 Å². The molecule has 0 spiro atoms. The van der Waals surface area contributed by atoms with Gasteiger partial charge in [0.1, 0.15) is 17.9 Å². The lowest BCUT2D eigenvalue weighted by molar-refractivity contribution is -0.274. The Hall–Kier alpha value is -3.18. The van der Waals surface area contributed by atoms with Crippen molar-refractivity contribution >= 4 is 21.5 Å². The number of hydrogen-bond acceptors (Lipinski definition) is 6. The third-order valence-electron chi connectivity index (χ3n) is 5.13. The van der Waals surface area contributed by atoms with Gasteiger partial charge in [-0.15, -0.1) is 13.2 Å². The monoisotopic (exact) mass is 478 g/mol. The molecule has 2 aromatic carbocycles. The number of piperidine rings is 1. The van der Waals surface area contributed by atoms with E-state index in [0.717, 1.165) is 19.3 Å². The molecule has 0 bridgehead atoms. The highest BCUT2D eigenvalue weighted by atomic mass is 32.2. The first-order chi connectivity index (χ1) is 15.7. The zero-order valence-corrected chi connectivity index (χ0v) is 18.2. The molecule has 0 saturated carbocycles. The highest BCUT2D eigenvalue weighted by Crippen LogP contribution is 2.27. The van der Waals surface area contributed by atoms with E-state index in [1.54, 1.807) is 30.3 Å². The van der Waals surface area contributed by atoms with Crippen molar-refractivity contribution in [2.24, 2.45) is 0 Å². The minimum Gasteiger partial charge on any atom is -0.406 e. The summed E-state index contributed by atoms with van der Waals surface area (Å²) in [7, 11) is -3.52. The fourth-order valence-electron chi connectivity index (χ4n) is 3.52. The van der Waals surface area contributed by atoms with Gasteiger partial charge < -0.3 is 10.1 Å². The zero-order valence-electron chi connectivity index (χ0n) is 17.4. The molecule has 174 valence electrons. The van der Waals surface area contributed by atoms with Crippen LogP contribution in [0.2, 0.25) is 0 Å². The Morgan fingerprint density at radius 2 is 1.58 bits per heavy atom. The van der Waals surface area contributed by atoms with E-state index in [0.29, 0.717) is 35.9 Å². The maximum atomic E-state index is 12.8. The second kappa shape index (κ2) is 9.36. The summed E-state index contributed by atoms with van der Waals surface area (Å²) in [5, 5.41) is 2.99. The molecule has 1 fully saturated rings. The third-order valence-corrected chi connectivity index (χ3v) is 7.04. The van der Waals surface area contributed by atoms with Crippen LogP contribution in [0.3, 0.4) is 0 Å². The van der Waals surface area contributed by atoms with Gasteiger partial charge in [0.05, 0.1) is 10.6 Å². The lowest BCUT2D eigenvalue weighted by atomic mass is 10.1. The molecule has 1 aromatic heterocycles. The quantitative estimate of drug-likeness (QED) is 0.539. The number of sulfonamides is 1. The van der Waals surface area contributed by atoms with E-state index in [1.807, 2.05) is 0 Å². The van der Waals surface area contributed by atoms with Crippen molar-refractivity contribution in [3.8, 4) is 17.0 Å². The lowest BCUT2D eigenvalue weighted by Crippen LogP contribution is -2.35. The summed E-state index contributed by atoms with van der Waals surface area (Å²) < 4.78 is 67.9. The molecule has 33 heavy (non-hydrogen) atoms. The van der Waals surface area contributed by atoms with E-state index in [9.17, 15) is 21.6 Å². The molecule has 1 aliphatic heterocycles. The number of rotatable bonds is 6. The highest BCUT2D eigenvalue weighted by molar-refractivity contribution is 7.89. The summed E-state index contributed by atoms with van der Waals surface area (Å²) in [5.74, 6) is 0.102. The summed E-state index contributed by atoms with van der Waals surface area (Å²) in [6, 6.07) is 13.4. The van der Waals surface area contributed by atoms with Gasteiger partial charge in [0, 0.05) is 30.4 Å². The fraction of sp³-hybridized carbons (Fsp3) is 0.273. The maximum absolute atomic E-state index is 12.8. The van der Waals surface area contributed by atoms with Crippen LogP contribution in [-0.4, -0.2) is 42.1 Å². The second-order valence-corrected chi connectivity index (χ2v) is 9.41. The predicted molar refractivity (Wildman–Crippen MR) is 116 cm³/mol. The van der Waals surface area contributed by atoms with Crippen molar-refractivity contribution in [3.05, 3.63) is 60.9 Å². The second-order valence-electron chi connectivity index (χ2n) is 7.47. The molecule has 11 heteroatoms. The molecule has 1 aliphatic rings. The first-order valence-corrected chi connectivity index (χ1v) is 11.7. The van der Waals surface area contributed by atoms with Crippen LogP contribution in [0.5, 0.6) is 5.75 Å². The van der Waals surface area contributed by atoms with E-state index in [4.69, 9.17) is 0 Å². The molecule has 1 saturated heterocycles. The van der Waals surface area contributed by atoms with Crippen molar-refractivity contribution in [2.45, 2.75) is 30.5 Å². The van der Waals surface area contributed by atoms with Gasteiger partial charge in [0.25, 0.3) is 0 Å². The molecule has 3 aromatic rings. The fourth-order valence-corrected chi connectivity index (χ4v) is 5.04. The molecule has 7 nitrogen and oxygen atoms in total. The minimum absolute atomic E-state index is 0.238. The Labute approximate surface area is 189 Å². The van der Waals surface area contributed by atoms with Crippen molar-refractivity contribution in [1.82, 2.24) is 14.3 Å². The number of aromatic nitrogens is 2. The zero-order chi connectivity index (χ0) is 23.5. The lowest BCUT2D eigenvalue weighted by Gasteiger charge is -2.25. The van der Waals surface area contributed by atoms with E-state index in [-0.39, 0.29) is 10.6 Å². The number of anilines is 2. The molecular formula is C22H21F3N4O3S. The number of alkyl halides is 3. The number of benzene rings is 2. The van der Waals surface area contributed by atoms with Crippen LogP contribution >= 0.6 is 0 Å². The van der Waals surface area contributed by atoms with Crippen molar-refractivity contribution < 1.29 is 26.3 Å². The summed E-state index contributed by atoms with van der Waals surface area (Å²) >= 11 is 0. The number of halogens is 3. The largest absolute Gasteiger partial charge is 0.573 e. The van der Waals surface area contributed by atoms with Crippen LogP contribution < -0.4 is 10.1 Å². The van der Waals surface area contributed by atoms with Crippen LogP contribution in [-0.2, 0) is 10.0 Å². The summed E-state index contributed by atoms with van der Waals surface area (Å²) in [5.41, 5.74) is 1.77. The van der Waals surface area contributed by atoms with E-state index in [1.165, 1.54) is 34.9 Å². The van der Waals surface area contributed by atoms with Gasteiger partial charge in [-0.25, -0.2) is 18.4 Å². The van der Waals surface area contributed by atoms with E-state index in [2.05, 4.69) is 20.0 Å². The Bertz CT molecular complexity index is 1190. The molecule has 1 N–H and O–H groups in total. The van der Waals surface area contributed by atoms with Gasteiger partial charge in [-0.05, 0) is 49.2 Å². The Kier molecular flexibility index (Phi) is 6.52.